The molecule has 0 aliphatic carbocycles. The van der Waals surface area contributed by atoms with E-state index in [9.17, 15) is 4.79 Å². The second kappa shape index (κ2) is 8.46. The molecule has 0 atom stereocenters. The summed E-state index contributed by atoms with van der Waals surface area (Å²) in [5.41, 5.74) is 0. The van der Waals surface area contributed by atoms with E-state index in [-0.39, 0.29) is 34.7 Å². The first kappa shape index (κ1) is 16.6. The van der Waals surface area contributed by atoms with Gasteiger partial charge in [-0.05, 0) is 20.4 Å². The Morgan fingerprint density at radius 2 is 1.69 bits per heavy atom. The van der Waals surface area contributed by atoms with Gasteiger partial charge in [0.1, 0.15) is 0 Å². The van der Waals surface area contributed by atoms with E-state index < -0.39 is 7.71 Å². The Balaban J connectivity index is 0. The second-order valence-electron chi connectivity index (χ2n) is 2.32. The first-order valence-corrected chi connectivity index (χ1v) is 7.87. The average Bonchev–Trinajstić information content (AvgIpc) is 1.85. The molecule has 0 saturated carbocycles. The molecule has 0 aliphatic rings. The Bertz CT molecular complexity index is 151. The van der Waals surface area contributed by atoms with Crippen molar-refractivity contribution >= 4 is 53.6 Å². The fraction of sp³-hybridized carbons (Fsp3) is 0.857. The van der Waals surface area contributed by atoms with Crippen LogP contribution in [0.3, 0.4) is 0 Å². The molecule has 6 heteroatoms. The summed E-state index contributed by atoms with van der Waals surface area (Å²) in [6.45, 7) is 8.45. The molecule has 74 valence electrons. The summed E-state index contributed by atoms with van der Waals surface area (Å²) in [6.07, 6.45) is 0. The molecule has 0 aromatic rings. The van der Waals surface area contributed by atoms with Crippen LogP contribution in [0, 0.1) is 0 Å². The first-order chi connectivity index (χ1) is 5.54. The number of carbonyl (C=O) groups is 1. The summed E-state index contributed by atoms with van der Waals surface area (Å²) in [7, 11) is -2.25. The molecule has 0 amide bonds. The van der Waals surface area contributed by atoms with Crippen molar-refractivity contribution in [3.8, 4) is 0 Å². The molecule has 0 aromatic heterocycles. The second-order valence-corrected chi connectivity index (χ2v) is 8.24. The van der Waals surface area contributed by atoms with Gasteiger partial charge >= 0.3 is 37.3 Å². The molecule has 3 nitrogen and oxygen atoms in total. The van der Waals surface area contributed by atoms with E-state index in [0.29, 0.717) is 13.2 Å². The Morgan fingerprint density at radius 1 is 1.31 bits per heavy atom. The van der Waals surface area contributed by atoms with Crippen molar-refractivity contribution < 1.29 is 13.6 Å². The summed E-state index contributed by atoms with van der Waals surface area (Å²) in [5.74, 6) is 0. The maximum absolute atomic E-state index is 10.8. The van der Waals surface area contributed by atoms with Crippen LogP contribution in [0.1, 0.15) is 20.8 Å². The van der Waals surface area contributed by atoms with Crippen molar-refractivity contribution in [2.45, 2.75) is 27.3 Å². The van der Waals surface area contributed by atoms with Crippen molar-refractivity contribution in [3.63, 3.8) is 0 Å². The van der Waals surface area contributed by atoms with Gasteiger partial charge in [0.2, 0.25) is 0 Å². The van der Waals surface area contributed by atoms with Gasteiger partial charge in [-0.2, -0.15) is 0 Å². The van der Waals surface area contributed by atoms with Crippen LogP contribution >= 0.6 is 11.2 Å². The molecule has 0 saturated heterocycles. The van der Waals surface area contributed by atoms with Crippen molar-refractivity contribution in [3.05, 3.63) is 0 Å². The number of carbonyl (C=O) groups excluding carboxylic acids is 1. The van der Waals surface area contributed by atoms with E-state index >= 15 is 0 Å². The van der Waals surface area contributed by atoms with E-state index in [2.05, 4.69) is 0 Å². The summed E-state index contributed by atoms with van der Waals surface area (Å²) in [5, 5.41) is 0.0612. The standard InChI is InChI=1S/C7H16O3SSi.Na.H/c1-5-9-12(4,10-6-2)11-7(3)8;;/h5-6H2,1-4H3;;. The van der Waals surface area contributed by atoms with E-state index in [1.165, 1.54) is 18.1 Å². The van der Waals surface area contributed by atoms with Crippen LogP contribution in [0.5, 0.6) is 0 Å². The number of rotatable bonds is 5. The first-order valence-electron chi connectivity index (χ1n) is 4.01. The summed E-state index contributed by atoms with van der Waals surface area (Å²) >= 11 is 1.21. The van der Waals surface area contributed by atoms with Crippen LogP contribution in [-0.2, 0) is 13.6 Å². The molecule has 0 radical (unpaired) electrons. The summed E-state index contributed by atoms with van der Waals surface area (Å²) in [4.78, 5) is 10.8. The van der Waals surface area contributed by atoms with Gasteiger partial charge in [-0.3, -0.25) is 4.79 Å². The normalized spacial score (nSPS) is 10.8. The molecule has 0 aliphatic heterocycles. The molecule has 0 rings (SSSR count). The molecule has 0 spiro atoms. The van der Waals surface area contributed by atoms with E-state index in [0.717, 1.165) is 0 Å². The zero-order chi connectivity index (χ0) is 9.61. The van der Waals surface area contributed by atoms with Gasteiger partial charge in [-0.25, -0.2) is 0 Å². The third kappa shape index (κ3) is 8.17. The van der Waals surface area contributed by atoms with Crippen LogP contribution in [0.15, 0.2) is 0 Å². The molecule has 13 heavy (non-hydrogen) atoms. The predicted octanol–water partition coefficient (Wildman–Crippen LogP) is 1.26. The van der Waals surface area contributed by atoms with Gasteiger partial charge < -0.3 is 8.85 Å². The molecule has 0 unspecified atom stereocenters. The van der Waals surface area contributed by atoms with Gasteiger partial charge in [-0.1, -0.05) is 11.2 Å². The fourth-order valence-electron chi connectivity index (χ4n) is 0.886. The van der Waals surface area contributed by atoms with Crippen molar-refractivity contribution in [2.75, 3.05) is 13.2 Å². The van der Waals surface area contributed by atoms with Crippen LogP contribution < -0.4 is 0 Å². The van der Waals surface area contributed by atoms with Gasteiger partial charge in [0.15, 0.2) is 5.12 Å². The quantitative estimate of drug-likeness (QED) is 0.669. The topological polar surface area (TPSA) is 35.5 Å². The van der Waals surface area contributed by atoms with Crippen LogP contribution in [0.4, 0.5) is 0 Å². The Hall–Kier alpha value is 1.16. The third-order valence-electron chi connectivity index (χ3n) is 1.14. The zero-order valence-electron chi connectivity index (χ0n) is 8.05. The molecular formula is C7H17NaO3SSi. The predicted molar refractivity (Wildman–Crippen MR) is 60.3 cm³/mol. The van der Waals surface area contributed by atoms with Crippen molar-refractivity contribution in [2.24, 2.45) is 0 Å². The zero-order valence-corrected chi connectivity index (χ0v) is 9.86. The monoisotopic (exact) mass is 232 g/mol. The van der Waals surface area contributed by atoms with Crippen LogP contribution in [0.25, 0.3) is 0 Å². The summed E-state index contributed by atoms with van der Waals surface area (Å²) in [6, 6.07) is 0. The summed E-state index contributed by atoms with van der Waals surface area (Å²) < 4.78 is 10.9. The van der Waals surface area contributed by atoms with Gasteiger partial charge in [0, 0.05) is 20.1 Å². The van der Waals surface area contributed by atoms with E-state index in [1.54, 1.807) is 0 Å². The van der Waals surface area contributed by atoms with Gasteiger partial charge in [0.25, 0.3) is 0 Å². The molecule has 0 aromatic carbocycles. The Morgan fingerprint density at radius 3 is 1.92 bits per heavy atom. The Kier molecular flexibility index (Phi) is 10.8. The molecule has 0 fully saturated rings. The Labute approximate surface area is 107 Å². The number of hydrogen-bond acceptors (Lipinski definition) is 4. The SMILES string of the molecule is CCO[Si](C)(OCC)SC(C)=O.[NaH]. The average molecular weight is 232 g/mol. The van der Waals surface area contributed by atoms with Gasteiger partial charge in [0.05, 0.1) is 0 Å². The van der Waals surface area contributed by atoms with E-state index in [1.807, 2.05) is 20.4 Å². The van der Waals surface area contributed by atoms with Crippen LogP contribution in [0.2, 0.25) is 6.55 Å². The van der Waals surface area contributed by atoms with Crippen molar-refractivity contribution in [1.82, 2.24) is 0 Å². The minimum atomic E-state index is -2.25. The fourth-order valence-corrected chi connectivity index (χ4v) is 5.29. The molecule has 0 bridgehead atoms. The maximum atomic E-state index is 10.8. The van der Waals surface area contributed by atoms with Crippen LogP contribution in [-0.4, -0.2) is 55.6 Å². The molecular weight excluding hydrogens is 215 g/mol. The third-order valence-corrected chi connectivity index (χ3v) is 6.11. The molecule has 0 N–H and O–H groups in total. The molecule has 0 heterocycles. The van der Waals surface area contributed by atoms with Crippen molar-refractivity contribution in [1.29, 1.82) is 0 Å². The minimum absolute atomic E-state index is 0. The number of hydrogen-bond donors (Lipinski definition) is 0. The van der Waals surface area contributed by atoms with E-state index in [4.69, 9.17) is 8.85 Å². The van der Waals surface area contributed by atoms with Gasteiger partial charge in [-0.15, -0.1) is 0 Å².